The Hall–Kier alpha value is -0.210. The molecule has 0 atom stereocenters. The smallest absolute Gasteiger partial charge is 0.206 e. The van der Waals surface area contributed by atoms with Gasteiger partial charge in [0.15, 0.2) is 0 Å². The van der Waals surface area contributed by atoms with Crippen molar-refractivity contribution in [1.82, 2.24) is 0 Å². The van der Waals surface area contributed by atoms with Crippen LogP contribution in [0.5, 0.6) is 0 Å². The fraction of sp³-hybridized carbons (Fsp3) is 0.333. The number of rotatable bonds is 1. The van der Waals surface area contributed by atoms with Gasteiger partial charge in [-0.05, 0) is 0 Å². The average molecular weight is 74.1 g/mol. The summed E-state index contributed by atoms with van der Waals surface area (Å²) in [6.07, 6.45) is -0.245. The van der Waals surface area contributed by atoms with E-state index in [4.69, 9.17) is 5.11 Å². The molecule has 0 amide bonds. The molecule has 0 radical (unpaired) electrons. The molecule has 0 saturated carbocycles. The summed E-state index contributed by atoms with van der Waals surface area (Å²) < 4.78 is 4.11. The number of ether oxygens (including phenoxy) is 1. The zero-order valence-corrected chi connectivity index (χ0v) is 3.06. The third-order valence-corrected chi connectivity index (χ3v) is 0.236. The largest absolute Gasteiger partial charge is 0.240 e. The average Bonchev–Trinajstić information content (AvgIpc) is 1.38. The van der Waals surface area contributed by atoms with E-state index >= 15 is 0 Å². The molecular formula is C3H6O2. The number of hydrogen-bond acceptors (Lipinski definition) is 2. The van der Waals surface area contributed by atoms with E-state index in [0.29, 0.717) is 0 Å². The summed E-state index contributed by atoms with van der Waals surface area (Å²) in [6.45, 7) is 3.01. The second-order valence-corrected chi connectivity index (χ2v) is 0.598. The van der Waals surface area contributed by atoms with Crippen molar-refractivity contribution < 1.29 is 9.84 Å². The highest BCUT2D eigenvalue weighted by atomic mass is 16.6. The Morgan fingerprint density at radius 2 is 2.20 bits per heavy atom. The molecule has 5 heavy (non-hydrogen) atoms. The topological polar surface area (TPSA) is 29.5 Å². The van der Waals surface area contributed by atoms with Crippen LogP contribution in [-0.4, -0.2) is 12.2 Å². The van der Waals surface area contributed by atoms with Crippen molar-refractivity contribution in [2.45, 2.75) is 0 Å². The highest BCUT2D eigenvalue weighted by Crippen LogP contribution is 1.83. The molecule has 0 aromatic rings. The standard InChI is InChI=1S/C3H6O2/c1-3(4)5-2/h4H,1H2,2H3. The van der Waals surface area contributed by atoms with Crippen molar-refractivity contribution in [2.75, 3.05) is 7.11 Å². The van der Waals surface area contributed by atoms with E-state index in [9.17, 15) is 0 Å². The summed E-state index contributed by atoms with van der Waals surface area (Å²) in [6, 6.07) is 0. The Labute approximate surface area is 31.4 Å². The molecule has 0 aliphatic carbocycles. The third kappa shape index (κ3) is 3.79. The molecule has 0 rings (SSSR count). The molecule has 2 nitrogen and oxygen atoms in total. The van der Waals surface area contributed by atoms with Gasteiger partial charge in [0.05, 0.1) is 7.11 Å². The van der Waals surface area contributed by atoms with Crippen LogP contribution in [0.4, 0.5) is 0 Å². The first-order valence-electron chi connectivity index (χ1n) is 1.19. The Morgan fingerprint density at radius 1 is 2.00 bits per heavy atom. The lowest BCUT2D eigenvalue weighted by Crippen LogP contribution is -1.88. The molecule has 0 unspecified atom stereocenters. The number of aliphatic hydroxyl groups is 1. The van der Waals surface area contributed by atoms with Crippen LogP contribution in [0.25, 0.3) is 0 Å². The van der Waals surface area contributed by atoms with E-state index in [0.717, 1.165) is 0 Å². The lowest BCUT2D eigenvalue weighted by molar-refractivity contribution is 0.0663. The molecule has 1 N–H and O–H groups in total. The minimum Gasteiger partial charge on any atom is -0.206 e. The van der Waals surface area contributed by atoms with E-state index in [1.165, 1.54) is 7.11 Å². The lowest BCUT2D eigenvalue weighted by Gasteiger charge is -1.83. The summed E-state index contributed by atoms with van der Waals surface area (Å²) in [7, 11) is 1.35. The van der Waals surface area contributed by atoms with Crippen LogP contribution < -0.4 is 0 Å². The molecule has 30 valence electrons. The molecule has 0 aliphatic heterocycles. The fourth-order valence-electron chi connectivity index (χ4n) is 0. The fourth-order valence-corrected chi connectivity index (χ4v) is 0. The van der Waals surface area contributed by atoms with E-state index < -0.39 is 0 Å². The van der Waals surface area contributed by atoms with E-state index in [2.05, 4.69) is 11.7 Å². The van der Waals surface area contributed by atoms with Crippen molar-refractivity contribution in [3.8, 4) is 0 Å². The molecule has 0 aliphatic rings. The molecule has 0 fully saturated rings. The highest BCUT2D eigenvalue weighted by molar-refractivity contribution is 4.59. The highest BCUT2D eigenvalue weighted by Gasteiger charge is 1.89. The minimum absolute atomic E-state index is 0.245. The van der Waals surface area contributed by atoms with Crippen LogP contribution in [0.2, 0.25) is 0 Å². The molecule has 0 spiro atoms. The molecular weight excluding hydrogens is 68.0 g/mol. The van der Waals surface area contributed by atoms with Crippen molar-refractivity contribution in [1.29, 1.82) is 0 Å². The monoisotopic (exact) mass is 74.0 g/mol. The number of methoxy groups -OCH3 is 1. The van der Waals surface area contributed by atoms with Crippen LogP contribution in [0.15, 0.2) is 0 Å². The second kappa shape index (κ2) is 2.05. The van der Waals surface area contributed by atoms with Crippen molar-refractivity contribution in [3.63, 3.8) is 0 Å². The summed E-state index contributed by atoms with van der Waals surface area (Å²) >= 11 is 0. The summed E-state index contributed by atoms with van der Waals surface area (Å²) in [5, 5.41) is 7.94. The normalized spacial score (nSPS) is 7.80. The van der Waals surface area contributed by atoms with Gasteiger partial charge in [-0.15, -0.1) is 0 Å². The first-order chi connectivity index (χ1) is 2.27. The Kier molecular flexibility index (Phi) is 1.97. The maximum Gasteiger partial charge on any atom is 0.240 e. The molecule has 0 aromatic carbocycles. The van der Waals surface area contributed by atoms with Gasteiger partial charge in [-0.2, -0.15) is 4.74 Å². The van der Waals surface area contributed by atoms with Crippen LogP contribution in [-0.2, 0) is 4.74 Å². The molecule has 2 heteroatoms. The summed E-state index contributed by atoms with van der Waals surface area (Å²) in [5.74, 6) is 0. The van der Waals surface area contributed by atoms with Crippen LogP contribution in [0, 0.1) is 13.2 Å². The van der Waals surface area contributed by atoms with Gasteiger partial charge in [-0.1, -0.05) is 6.92 Å². The SMILES string of the molecule is [CH2-][C+](O)OC. The second-order valence-electron chi connectivity index (χ2n) is 0.598. The third-order valence-electron chi connectivity index (χ3n) is 0.236. The number of hydrogen-bond donors (Lipinski definition) is 1. The predicted octanol–water partition coefficient (Wildman–Crippen LogP) is 0.329. The van der Waals surface area contributed by atoms with Gasteiger partial charge in [0, 0.05) is 0 Å². The zero-order chi connectivity index (χ0) is 4.28. The Morgan fingerprint density at radius 3 is 2.20 bits per heavy atom. The van der Waals surface area contributed by atoms with Crippen LogP contribution in [0.1, 0.15) is 0 Å². The molecule has 0 bridgehead atoms. The summed E-state index contributed by atoms with van der Waals surface area (Å²) in [4.78, 5) is 0. The van der Waals surface area contributed by atoms with E-state index in [1.807, 2.05) is 0 Å². The minimum atomic E-state index is -0.245. The van der Waals surface area contributed by atoms with Crippen molar-refractivity contribution in [2.24, 2.45) is 0 Å². The van der Waals surface area contributed by atoms with Crippen LogP contribution >= 0.6 is 0 Å². The van der Waals surface area contributed by atoms with Crippen LogP contribution in [0.3, 0.4) is 0 Å². The zero-order valence-electron chi connectivity index (χ0n) is 3.06. The van der Waals surface area contributed by atoms with Crippen molar-refractivity contribution >= 4 is 0 Å². The van der Waals surface area contributed by atoms with E-state index in [1.54, 1.807) is 0 Å². The maximum absolute atomic E-state index is 7.94. The predicted molar refractivity (Wildman–Crippen MR) is 17.5 cm³/mol. The quantitative estimate of drug-likeness (QED) is 0.454. The van der Waals surface area contributed by atoms with Gasteiger partial charge in [-0.3, -0.25) is 0 Å². The maximum atomic E-state index is 7.94. The molecule has 0 aromatic heterocycles. The van der Waals surface area contributed by atoms with Gasteiger partial charge in [0.1, 0.15) is 0 Å². The Bertz CT molecular complexity index is 18.9. The van der Waals surface area contributed by atoms with Gasteiger partial charge < -0.3 is 0 Å². The van der Waals surface area contributed by atoms with Gasteiger partial charge in [0.2, 0.25) is 6.29 Å². The summed E-state index contributed by atoms with van der Waals surface area (Å²) in [5.41, 5.74) is 0. The first kappa shape index (κ1) is 4.79. The lowest BCUT2D eigenvalue weighted by atomic mass is 10.8. The van der Waals surface area contributed by atoms with Crippen molar-refractivity contribution in [3.05, 3.63) is 13.2 Å². The van der Waals surface area contributed by atoms with Gasteiger partial charge in [-0.25, -0.2) is 5.11 Å². The van der Waals surface area contributed by atoms with E-state index in [-0.39, 0.29) is 6.29 Å². The molecule has 0 heterocycles. The molecule has 0 saturated heterocycles. The Balaban J connectivity index is 2.54. The number of aliphatic hydroxyl groups excluding tert-OH is 1. The first-order valence-corrected chi connectivity index (χ1v) is 1.19. The van der Waals surface area contributed by atoms with Gasteiger partial charge in [0.25, 0.3) is 0 Å². The van der Waals surface area contributed by atoms with Gasteiger partial charge >= 0.3 is 0 Å².